The predicted octanol–water partition coefficient (Wildman–Crippen LogP) is 0.689. The van der Waals surface area contributed by atoms with Crippen LogP contribution in [-0.4, -0.2) is 37.1 Å². The lowest BCUT2D eigenvalue weighted by Crippen LogP contribution is -2.28. The van der Waals surface area contributed by atoms with Gasteiger partial charge in [-0.1, -0.05) is 29.8 Å². The number of carbonyl (C=O) groups excluding carboxylic acids is 1. The van der Waals surface area contributed by atoms with Gasteiger partial charge in [-0.05, 0) is 19.1 Å². The molecular weight excluding hydrogens is 386 g/mol. The molecule has 0 atom stereocenters. The third-order valence-electron chi connectivity index (χ3n) is 3.80. The summed E-state index contributed by atoms with van der Waals surface area (Å²) in [6.45, 7) is 1.78. The van der Waals surface area contributed by atoms with Gasteiger partial charge in [0.25, 0.3) is 5.56 Å². The summed E-state index contributed by atoms with van der Waals surface area (Å²) in [6, 6.07) is 9.38. The topological polar surface area (TPSA) is 138 Å². The number of nitrogens with one attached hydrogen (secondary N) is 3. The summed E-state index contributed by atoms with van der Waals surface area (Å²) in [5.74, 6) is -0.423. The fraction of sp³-hybridized carbons (Fsp3) is 0.176. The number of amides is 1. The molecule has 1 aromatic carbocycles. The van der Waals surface area contributed by atoms with Crippen LogP contribution in [0.15, 0.2) is 45.0 Å². The van der Waals surface area contributed by atoms with Crippen LogP contribution in [0.2, 0.25) is 5.15 Å². The number of hydrogen-bond acceptors (Lipinski definition) is 6. The molecule has 0 aliphatic heterocycles. The molecule has 0 fully saturated rings. The monoisotopic (exact) mass is 401 g/mol. The van der Waals surface area contributed by atoms with Crippen molar-refractivity contribution in [3.8, 4) is 5.69 Å². The number of aromatic amines is 2. The zero-order valence-electron chi connectivity index (χ0n) is 14.8. The second-order valence-electron chi connectivity index (χ2n) is 5.78. The molecule has 0 saturated carbocycles. The number of nitrogens with zero attached hydrogens (tertiary/aromatic N) is 4. The van der Waals surface area contributed by atoms with Crippen LogP contribution in [0, 0.1) is 6.92 Å². The van der Waals surface area contributed by atoms with E-state index in [-0.39, 0.29) is 18.5 Å². The predicted molar refractivity (Wildman–Crippen MR) is 103 cm³/mol. The van der Waals surface area contributed by atoms with Gasteiger partial charge >= 0.3 is 5.69 Å². The zero-order chi connectivity index (χ0) is 20.1. The fourth-order valence-corrected chi connectivity index (χ4v) is 2.72. The highest BCUT2D eigenvalue weighted by molar-refractivity contribution is 6.32. The minimum absolute atomic E-state index is 0.0323. The zero-order valence-corrected chi connectivity index (χ0v) is 15.5. The van der Waals surface area contributed by atoms with Crippen molar-refractivity contribution < 1.29 is 4.79 Å². The summed E-state index contributed by atoms with van der Waals surface area (Å²) in [4.78, 5) is 36.4. The number of rotatable bonds is 6. The molecule has 1 amide bonds. The van der Waals surface area contributed by atoms with Crippen molar-refractivity contribution in [1.82, 2.24) is 30.4 Å². The number of aromatic nitrogens is 5. The maximum Gasteiger partial charge on any atom is 0.342 e. The molecule has 28 heavy (non-hydrogen) atoms. The van der Waals surface area contributed by atoms with Crippen molar-refractivity contribution in [1.29, 1.82) is 0 Å². The summed E-state index contributed by atoms with van der Waals surface area (Å²) >= 11 is 6.37. The molecule has 3 N–H and O–H groups in total. The molecule has 2 aromatic heterocycles. The molecule has 0 saturated heterocycles. The number of para-hydroxylation sites is 1. The smallest absolute Gasteiger partial charge is 0.273 e. The van der Waals surface area contributed by atoms with E-state index >= 15 is 0 Å². The van der Waals surface area contributed by atoms with Crippen LogP contribution in [0.1, 0.15) is 23.4 Å². The van der Waals surface area contributed by atoms with E-state index < -0.39 is 17.2 Å². The Morgan fingerprint density at radius 2 is 2.07 bits per heavy atom. The van der Waals surface area contributed by atoms with E-state index in [0.717, 1.165) is 5.69 Å². The summed E-state index contributed by atoms with van der Waals surface area (Å²) in [5.41, 5.74) is 3.11. The van der Waals surface area contributed by atoms with Crippen LogP contribution in [0.4, 0.5) is 0 Å². The summed E-state index contributed by atoms with van der Waals surface area (Å²) in [6.07, 6.45) is 1.43. The molecule has 2 heterocycles. The molecule has 3 aromatic rings. The van der Waals surface area contributed by atoms with Crippen LogP contribution >= 0.6 is 11.6 Å². The largest absolute Gasteiger partial charge is 0.342 e. The molecule has 0 spiro atoms. The van der Waals surface area contributed by atoms with E-state index in [0.29, 0.717) is 16.4 Å². The molecule has 11 heteroatoms. The summed E-state index contributed by atoms with van der Waals surface area (Å²) in [7, 11) is 0. The molecule has 144 valence electrons. The Balaban J connectivity index is 1.63. The second-order valence-corrected chi connectivity index (χ2v) is 6.14. The lowest BCUT2D eigenvalue weighted by molar-refractivity contribution is -0.121. The normalized spacial score (nSPS) is 11.1. The summed E-state index contributed by atoms with van der Waals surface area (Å²) in [5, 5.41) is 14.4. The van der Waals surface area contributed by atoms with Crippen molar-refractivity contribution >= 4 is 23.7 Å². The first-order valence-corrected chi connectivity index (χ1v) is 8.64. The van der Waals surface area contributed by atoms with Crippen LogP contribution in [0.25, 0.3) is 5.69 Å². The first kappa shape index (κ1) is 19.2. The van der Waals surface area contributed by atoms with Gasteiger partial charge in [0.1, 0.15) is 10.8 Å². The molecule has 0 aliphatic rings. The van der Waals surface area contributed by atoms with Gasteiger partial charge in [-0.15, -0.1) is 0 Å². The quantitative estimate of drug-likeness (QED) is 0.412. The van der Waals surface area contributed by atoms with Crippen LogP contribution in [0.3, 0.4) is 0 Å². The lowest BCUT2D eigenvalue weighted by Gasteiger charge is -2.02. The second kappa shape index (κ2) is 8.44. The van der Waals surface area contributed by atoms with E-state index in [1.807, 2.05) is 35.3 Å². The lowest BCUT2D eigenvalue weighted by atomic mass is 10.2. The Morgan fingerprint density at radius 1 is 1.32 bits per heavy atom. The highest BCUT2D eigenvalue weighted by Gasteiger charge is 2.13. The minimum atomic E-state index is -0.703. The number of halogens is 1. The summed E-state index contributed by atoms with van der Waals surface area (Å²) < 4.78 is 1.58. The van der Waals surface area contributed by atoms with Crippen molar-refractivity contribution in [3.05, 3.63) is 73.3 Å². The average Bonchev–Trinajstić information content (AvgIpc) is 2.96. The molecular formula is C17H16ClN7O3. The molecule has 0 bridgehead atoms. The van der Waals surface area contributed by atoms with E-state index in [1.165, 1.54) is 6.21 Å². The van der Waals surface area contributed by atoms with E-state index in [4.69, 9.17) is 11.6 Å². The minimum Gasteiger partial charge on any atom is -0.273 e. The number of hydrazone groups is 1. The first-order chi connectivity index (χ1) is 13.5. The number of benzene rings is 1. The first-order valence-electron chi connectivity index (χ1n) is 8.26. The standard InChI is InChI=1S/C17H16ClN7O3/c1-10-12(15(18)25(24-10)11-5-3-2-4-6-11)9-19-22-14(26)8-7-13-16(27)20-17(28)23-21-13/h2-6,9H,7-8H2,1H3,(H,22,26)(H2,20,23,27,28). The molecule has 0 radical (unpaired) electrons. The number of H-pyrrole nitrogens is 2. The van der Waals surface area contributed by atoms with Crippen molar-refractivity contribution in [2.75, 3.05) is 0 Å². The molecule has 3 rings (SSSR count). The number of aryl methyl sites for hydroxylation is 2. The van der Waals surface area contributed by atoms with E-state index in [2.05, 4.69) is 25.8 Å². The highest BCUT2D eigenvalue weighted by Crippen LogP contribution is 2.21. The Labute approximate surface area is 163 Å². The van der Waals surface area contributed by atoms with Crippen LogP contribution < -0.4 is 16.7 Å². The van der Waals surface area contributed by atoms with E-state index in [9.17, 15) is 14.4 Å². The fourth-order valence-electron chi connectivity index (χ4n) is 2.40. The Bertz CT molecular complexity index is 1130. The van der Waals surface area contributed by atoms with Gasteiger partial charge in [0.15, 0.2) is 0 Å². The third-order valence-corrected chi connectivity index (χ3v) is 4.17. The van der Waals surface area contributed by atoms with Crippen molar-refractivity contribution in [2.45, 2.75) is 19.8 Å². The Kier molecular flexibility index (Phi) is 5.80. The molecule has 0 aliphatic carbocycles. The van der Waals surface area contributed by atoms with E-state index in [1.54, 1.807) is 11.6 Å². The maximum absolute atomic E-state index is 11.9. The maximum atomic E-state index is 11.9. The Hall–Kier alpha value is -3.53. The van der Waals surface area contributed by atoms with Crippen molar-refractivity contribution in [2.24, 2.45) is 5.10 Å². The van der Waals surface area contributed by atoms with Gasteiger partial charge in [-0.3, -0.25) is 14.6 Å². The Morgan fingerprint density at radius 3 is 2.79 bits per heavy atom. The SMILES string of the molecule is Cc1nn(-c2ccccc2)c(Cl)c1C=NNC(=O)CCc1n[nH]c(=O)[nH]c1=O. The van der Waals surface area contributed by atoms with Gasteiger partial charge in [-0.25, -0.2) is 20.0 Å². The van der Waals surface area contributed by atoms with Gasteiger partial charge in [0, 0.05) is 12.8 Å². The van der Waals surface area contributed by atoms with Crippen LogP contribution in [-0.2, 0) is 11.2 Å². The highest BCUT2D eigenvalue weighted by atomic mass is 35.5. The van der Waals surface area contributed by atoms with Gasteiger partial charge < -0.3 is 0 Å². The molecule has 0 unspecified atom stereocenters. The van der Waals surface area contributed by atoms with Gasteiger partial charge in [0.05, 0.1) is 23.2 Å². The average molecular weight is 402 g/mol. The molecule has 10 nitrogen and oxygen atoms in total. The van der Waals surface area contributed by atoms with Gasteiger partial charge in [-0.2, -0.15) is 15.3 Å². The number of carbonyl (C=O) groups is 1. The van der Waals surface area contributed by atoms with Crippen molar-refractivity contribution in [3.63, 3.8) is 0 Å². The number of hydrogen-bond donors (Lipinski definition) is 3. The van der Waals surface area contributed by atoms with Gasteiger partial charge in [0.2, 0.25) is 5.91 Å². The third kappa shape index (κ3) is 4.41. The van der Waals surface area contributed by atoms with Crippen LogP contribution in [0.5, 0.6) is 0 Å².